The molecule has 0 radical (unpaired) electrons. The zero-order valence-corrected chi connectivity index (χ0v) is 10.3. The number of halogens is 1. The van der Waals surface area contributed by atoms with E-state index in [1.54, 1.807) is 41.9 Å². The van der Waals surface area contributed by atoms with Gasteiger partial charge in [0.15, 0.2) is 11.6 Å². The van der Waals surface area contributed by atoms with Crippen LogP contribution in [0.3, 0.4) is 0 Å². The minimum absolute atomic E-state index is 0.146. The topological polar surface area (TPSA) is 52.5 Å². The number of benzene rings is 1. The fourth-order valence-corrected chi connectivity index (χ4v) is 1.87. The molecule has 96 valence electrons. The van der Waals surface area contributed by atoms with Gasteiger partial charge in [-0.25, -0.2) is 9.37 Å². The Morgan fingerprint density at radius 3 is 3.00 bits per heavy atom. The largest absolute Gasteiger partial charge is 0.437 e. The van der Waals surface area contributed by atoms with E-state index >= 15 is 0 Å². The zero-order valence-electron chi connectivity index (χ0n) is 10.3. The van der Waals surface area contributed by atoms with Crippen LogP contribution in [0.15, 0.2) is 42.7 Å². The van der Waals surface area contributed by atoms with Crippen molar-refractivity contribution in [3.8, 4) is 11.6 Å². The molecule has 4 nitrogen and oxygen atoms in total. The zero-order chi connectivity index (χ0) is 13.4. The third-order valence-electron chi connectivity index (χ3n) is 2.93. The first-order chi connectivity index (χ1) is 9.15. The first-order valence-corrected chi connectivity index (χ1v) is 5.81. The number of fused-ring (bicyclic) bond motifs is 1. The van der Waals surface area contributed by atoms with Gasteiger partial charge in [-0.2, -0.15) is 0 Å². The van der Waals surface area contributed by atoms with E-state index in [9.17, 15) is 4.39 Å². The molecule has 3 aromatic rings. The molecule has 3 rings (SSSR count). The maximum atomic E-state index is 13.8. The summed E-state index contributed by atoms with van der Waals surface area (Å²) in [6.45, 7) is 1.80. The fraction of sp³-hybridized carbons (Fsp3) is 0.0714. The number of pyridine rings is 1. The summed E-state index contributed by atoms with van der Waals surface area (Å²) in [4.78, 5) is 4.14. The Bertz CT molecular complexity index is 752. The summed E-state index contributed by atoms with van der Waals surface area (Å²) in [5, 5.41) is 0. The summed E-state index contributed by atoms with van der Waals surface area (Å²) >= 11 is 0. The minimum atomic E-state index is -0.486. The van der Waals surface area contributed by atoms with Crippen LogP contribution in [0.1, 0.15) is 5.56 Å². The minimum Gasteiger partial charge on any atom is -0.437 e. The van der Waals surface area contributed by atoms with Gasteiger partial charge in [-0.3, -0.25) is 4.40 Å². The average molecular weight is 257 g/mol. The predicted octanol–water partition coefficient (Wildman–Crippen LogP) is 3.16. The maximum absolute atomic E-state index is 13.8. The number of imidazole rings is 1. The summed E-state index contributed by atoms with van der Waals surface area (Å²) < 4.78 is 21.2. The molecule has 0 unspecified atom stereocenters. The molecule has 0 aliphatic heterocycles. The molecule has 2 N–H and O–H groups in total. The third kappa shape index (κ3) is 1.99. The van der Waals surface area contributed by atoms with Crippen LogP contribution in [0, 0.1) is 12.7 Å². The van der Waals surface area contributed by atoms with Crippen molar-refractivity contribution in [3.05, 3.63) is 54.1 Å². The number of nitrogens with two attached hydrogens (primary N) is 1. The van der Waals surface area contributed by atoms with Gasteiger partial charge in [0.2, 0.25) is 5.88 Å². The van der Waals surface area contributed by atoms with Crippen molar-refractivity contribution >= 4 is 11.3 Å². The third-order valence-corrected chi connectivity index (χ3v) is 2.93. The van der Waals surface area contributed by atoms with Crippen LogP contribution in [-0.4, -0.2) is 9.38 Å². The first kappa shape index (κ1) is 11.5. The quantitative estimate of drug-likeness (QED) is 0.717. The number of nitrogens with zero attached hydrogens (tertiary/aromatic N) is 2. The Balaban J connectivity index is 2.06. The molecular weight excluding hydrogens is 245 g/mol. The summed E-state index contributed by atoms with van der Waals surface area (Å²) in [6, 6.07) is 8.25. The summed E-state index contributed by atoms with van der Waals surface area (Å²) in [6.07, 6.45) is 3.42. The molecule has 0 bridgehead atoms. The smallest absolute Gasteiger partial charge is 0.205 e. The second-order valence-corrected chi connectivity index (χ2v) is 4.26. The highest BCUT2D eigenvalue weighted by Gasteiger charge is 2.10. The number of hydrogen-bond acceptors (Lipinski definition) is 3. The van der Waals surface area contributed by atoms with Crippen LogP contribution >= 0.6 is 0 Å². The number of hydrogen-bond donors (Lipinski definition) is 1. The summed E-state index contributed by atoms with van der Waals surface area (Å²) in [5.74, 6) is 0.159. The van der Waals surface area contributed by atoms with Gasteiger partial charge in [0.1, 0.15) is 5.65 Å². The number of nitrogen functional groups attached to an aromatic ring is 1. The lowest BCUT2D eigenvalue weighted by Crippen LogP contribution is -1.97. The lowest BCUT2D eigenvalue weighted by atomic mass is 10.2. The molecule has 2 aromatic heterocycles. The molecule has 0 spiro atoms. The predicted molar refractivity (Wildman–Crippen MR) is 70.8 cm³/mol. The van der Waals surface area contributed by atoms with Gasteiger partial charge in [-0.1, -0.05) is 6.07 Å². The second kappa shape index (κ2) is 4.28. The molecule has 0 aliphatic carbocycles. The number of ether oxygens (including phenoxy) is 1. The Kier molecular flexibility index (Phi) is 2.59. The molecule has 0 fully saturated rings. The van der Waals surface area contributed by atoms with Gasteiger partial charge in [0.05, 0.1) is 0 Å². The number of rotatable bonds is 2. The van der Waals surface area contributed by atoms with E-state index in [0.29, 0.717) is 11.6 Å². The summed E-state index contributed by atoms with van der Waals surface area (Å²) in [5.41, 5.74) is 7.57. The van der Waals surface area contributed by atoms with E-state index in [4.69, 9.17) is 10.5 Å². The standard InChI is InChI=1S/C14H12FN3O/c1-9-7-12(10(15)8-11(9)16)19-14-4-2-3-13-17-5-6-18(13)14/h2-8H,16H2,1H3. The van der Waals surface area contributed by atoms with Gasteiger partial charge in [0, 0.05) is 24.1 Å². The Labute approximate surface area is 109 Å². The molecule has 2 heterocycles. The van der Waals surface area contributed by atoms with E-state index in [2.05, 4.69) is 4.98 Å². The summed E-state index contributed by atoms with van der Waals surface area (Å²) in [7, 11) is 0. The van der Waals surface area contributed by atoms with Crippen LogP contribution in [-0.2, 0) is 0 Å². The number of aromatic nitrogens is 2. The van der Waals surface area contributed by atoms with Crippen molar-refractivity contribution in [3.63, 3.8) is 0 Å². The van der Waals surface area contributed by atoms with E-state index in [-0.39, 0.29) is 5.75 Å². The Morgan fingerprint density at radius 2 is 2.16 bits per heavy atom. The highest BCUT2D eigenvalue weighted by atomic mass is 19.1. The molecule has 0 aliphatic rings. The Hall–Kier alpha value is -2.56. The molecule has 0 atom stereocenters. The monoisotopic (exact) mass is 257 g/mol. The lowest BCUT2D eigenvalue weighted by molar-refractivity contribution is 0.422. The van der Waals surface area contributed by atoms with Crippen LogP contribution in [0.4, 0.5) is 10.1 Å². The molecule has 0 saturated heterocycles. The van der Waals surface area contributed by atoms with E-state index in [1.807, 2.05) is 6.07 Å². The van der Waals surface area contributed by atoms with Crippen LogP contribution in [0.25, 0.3) is 5.65 Å². The highest BCUT2D eigenvalue weighted by Crippen LogP contribution is 2.28. The van der Waals surface area contributed by atoms with Crippen molar-refractivity contribution in [2.24, 2.45) is 0 Å². The molecule has 0 saturated carbocycles. The SMILES string of the molecule is Cc1cc(Oc2cccc3nccn23)c(F)cc1N. The molecular formula is C14H12FN3O. The normalized spacial score (nSPS) is 10.8. The highest BCUT2D eigenvalue weighted by molar-refractivity contribution is 5.51. The van der Waals surface area contributed by atoms with Crippen molar-refractivity contribution in [2.45, 2.75) is 6.92 Å². The van der Waals surface area contributed by atoms with Gasteiger partial charge in [-0.15, -0.1) is 0 Å². The maximum Gasteiger partial charge on any atom is 0.205 e. The van der Waals surface area contributed by atoms with Gasteiger partial charge in [-0.05, 0) is 30.7 Å². The number of anilines is 1. The van der Waals surface area contributed by atoms with Gasteiger partial charge in [0.25, 0.3) is 0 Å². The van der Waals surface area contributed by atoms with E-state index < -0.39 is 5.82 Å². The van der Waals surface area contributed by atoms with Crippen LogP contribution in [0.5, 0.6) is 11.6 Å². The van der Waals surface area contributed by atoms with Crippen molar-refractivity contribution < 1.29 is 9.13 Å². The van der Waals surface area contributed by atoms with E-state index in [1.165, 1.54) is 6.07 Å². The molecule has 0 amide bonds. The molecule has 19 heavy (non-hydrogen) atoms. The first-order valence-electron chi connectivity index (χ1n) is 5.81. The molecule has 1 aromatic carbocycles. The van der Waals surface area contributed by atoms with Crippen LogP contribution < -0.4 is 10.5 Å². The van der Waals surface area contributed by atoms with Gasteiger partial charge < -0.3 is 10.5 Å². The molecule has 5 heteroatoms. The second-order valence-electron chi connectivity index (χ2n) is 4.26. The van der Waals surface area contributed by atoms with E-state index in [0.717, 1.165) is 11.2 Å². The van der Waals surface area contributed by atoms with Crippen molar-refractivity contribution in [2.75, 3.05) is 5.73 Å². The van der Waals surface area contributed by atoms with Crippen molar-refractivity contribution in [1.82, 2.24) is 9.38 Å². The average Bonchev–Trinajstić information content (AvgIpc) is 2.85. The van der Waals surface area contributed by atoms with Crippen molar-refractivity contribution in [1.29, 1.82) is 0 Å². The fourth-order valence-electron chi connectivity index (χ4n) is 1.87. The lowest BCUT2D eigenvalue weighted by Gasteiger charge is -2.10. The number of aryl methyl sites for hydroxylation is 1. The van der Waals surface area contributed by atoms with Gasteiger partial charge >= 0.3 is 0 Å². The Morgan fingerprint density at radius 1 is 1.32 bits per heavy atom. The van der Waals surface area contributed by atoms with Crippen LogP contribution in [0.2, 0.25) is 0 Å².